The molecule has 3 aromatic rings. The number of para-hydroxylation sites is 1. The number of hydrogen-bond acceptors (Lipinski definition) is 3. The monoisotopic (exact) mass is 368 g/mol. The van der Waals surface area contributed by atoms with Gasteiger partial charge in [0.2, 0.25) is 0 Å². The highest BCUT2D eigenvalue weighted by atomic mass is 31.1. The van der Waals surface area contributed by atoms with Crippen molar-refractivity contribution in [2.75, 3.05) is 6.61 Å². The van der Waals surface area contributed by atoms with Crippen LogP contribution in [0, 0.1) is 0 Å². The molecule has 0 saturated heterocycles. The minimum absolute atomic E-state index is 0.407. The molecule has 0 saturated carbocycles. The zero-order valence-electron chi connectivity index (χ0n) is 15.0. The molecule has 1 unspecified atom stereocenters. The van der Waals surface area contributed by atoms with Gasteiger partial charge in [0.05, 0.1) is 6.61 Å². The van der Waals surface area contributed by atoms with Gasteiger partial charge in [-0.15, -0.1) is 0 Å². The Labute approximate surface area is 156 Å². The summed E-state index contributed by atoms with van der Waals surface area (Å²) in [6.45, 7) is 2.18. The van der Waals surface area contributed by atoms with Crippen molar-refractivity contribution in [1.82, 2.24) is 0 Å². The third-order valence-corrected chi connectivity index (χ3v) is 4.52. The minimum atomic E-state index is -2.34. The molecule has 3 nitrogen and oxygen atoms in total. The first-order valence-corrected chi connectivity index (χ1v) is 9.98. The Balaban J connectivity index is 0.000000190. The highest BCUT2D eigenvalue weighted by Gasteiger charge is 1.98. The Morgan fingerprint density at radius 2 is 1.12 bits per heavy atom. The third kappa shape index (κ3) is 8.15. The van der Waals surface area contributed by atoms with E-state index in [1.807, 2.05) is 18.2 Å². The summed E-state index contributed by atoms with van der Waals surface area (Å²) in [5.74, 6) is 0.579. The number of hydrogen-bond donors (Lipinski definition) is 0. The predicted molar refractivity (Wildman–Crippen MR) is 108 cm³/mol. The lowest BCUT2D eigenvalue weighted by Crippen LogP contribution is -1.89. The van der Waals surface area contributed by atoms with Crippen molar-refractivity contribution in [3.8, 4) is 5.75 Å². The zero-order valence-corrected chi connectivity index (χ0v) is 16.0. The standard InChI is InChI=1S/C14H14.C8H11O3P/c1-3-7-13(8-4-1)11-12-14-9-5-2-6-10-14;1-2-10-12(9)11-8-6-4-3-5-7-8/h1-10H,11-12H2;3-7,12H,2H2,1H3. The molecular weight excluding hydrogens is 343 g/mol. The number of aryl methyl sites for hydroxylation is 2. The molecule has 0 aliphatic rings. The van der Waals surface area contributed by atoms with Crippen LogP contribution in [0.15, 0.2) is 91.0 Å². The van der Waals surface area contributed by atoms with Crippen LogP contribution in [0.5, 0.6) is 5.75 Å². The van der Waals surface area contributed by atoms with E-state index in [0.29, 0.717) is 12.4 Å². The second-order valence-electron chi connectivity index (χ2n) is 5.57. The van der Waals surface area contributed by atoms with E-state index in [9.17, 15) is 4.57 Å². The molecule has 4 heteroatoms. The highest BCUT2D eigenvalue weighted by molar-refractivity contribution is 7.33. The Kier molecular flexibility index (Phi) is 9.27. The molecule has 0 spiro atoms. The topological polar surface area (TPSA) is 35.5 Å². The van der Waals surface area contributed by atoms with Gasteiger partial charge in [0.25, 0.3) is 0 Å². The Morgan fingerprint density at radius 3 is 1.54 bits per heavy atom. The van der Waals surface area contributed by atoms with Gasteiger partial charge >= 0.3 is 8.25 Å². The molecule has 0 fully saturated rings. The highest BCUT2D eigenvalue weighted by Crippen LogP contribution is 2.26. The second kappa shape index (κ2) is 12.1. The second-order valence-corrected chi connectivity index (χ2v) is 6.56. The van der Waals surface area contributed by atoms with E-state index in [-0.39, 0.29) is 0 Å². The van der Waals surface area contributed by atoms with Gasteiger partial charge in [0.15, 0.2) is 0 Å². The Hall–Kier alpha value is -2.35. The van der Waals surface area contributed by atoms with Crippen LogP contribution in [-0.4, -0.2) is 6.61 Å². The number of rotatable bonds is 7. The molecule has 3 rings (SSSR count). The molecule has 26 heavy (non-hydrogen) atoms. The first-order valence-electron chi connectivity index (χ1n) is 8.75. The maximum absolute atomic E-state index is 11.0. The van der Waals surface area contributed by atoms with E-state index < -0.39 is 8.25 Å². The smallest absolute Gasteiger partial charge is 0.367 e. The first-order chi connectivity index (χ1) is 12.8. The van der Waals surface area contributed by atoms with Gasteiger partial charge in [-0.2, -0.15) is 0 Å². The summed E-state index contributed by atoms with van der Waals surface area (Å²) in [7, 11) is -2.34. The maximum atomic E-state index is 11.0. The fraction of sp³-hybridized carbons (Fsp3) is 0.182. The maximum Gasteiger partial charge on any atom is 0.367 e. The molecule has 0 amide bonds. The van der Waals surface area contributed by atoms with Crippen LogP contribution in [0.3, 0.4) is 0 Å². The quantitative estimate of drug-likeness (QED) is 0.483. The van der Waals surface area contributed by atoms with Crippen molar-refractivity contribution < 1.29 is 13.6 Å². The molecule has 0 heterocycles. The van der Waals surface area contributed by atoms with Crippen molar-refractivity contribution in [1.29, 1.82) is 0 Å². The summed E-state index contributed by atoms with van der Waals surface area (Å²) in [5, 5.41) is 0. The van der Waals surface area contributed by atoms with Crippen LogP contribution in [0.1, 0.15) is 18.1 Å². The van der Waals surface area contributed by atoms with E-state index in [1.165, 1.54) is 11.1 Å². The van der Waals surface area contributed by atoms with Crippen molar-refractivity contribution in [2.24, 2.45) is 0 Å². The fourth-order valence-electron chi connectivity index (χ4n) is 2.31. The molecule has 0 bridgehead atoms. The molecule has 3 aromatic carbocycles. The van der Waals surface area contributed by atoms with Gasteiger partial charge in [-0.25, -0.2) is 4.57 Å². The molecule has 0 aromatic heterocycles. The van der Waals surface area contributed by atoms with Crippen molar-refractivity contribution in [3.05, 3.63) is 102 Å². The predicted octanol–water partition coefficient (Wildman–Crippen LogP) is 5.96. The fourth-order valence-corrected chi connectivity index (χ4v) is 2.93. The third-order valence-electron chi connectivity index (χ3n) is 3.59. The van der Waals surface area contributed by atoms with E-state index in [0.717, 1.165) is 12.8 Å². The van der Waals surface area contributed by atoms with Crippen LogP contribution >= 0.6 is 8.25 Å². The van der Waals surface area contributed by atoms with Gasteiger partial charge in [-0.05, 0) is 43.0 Å². The lowest BCUT2D eigenvalue weighted by atomic mass is 10.0. The van der Waals surface area contributed by atoms with Crippen LogP contribution in [0.25, 0.3) is 0 Å². The van der Waals surface area contributed by atoms with Crippen LogP contribution in [0.4, 0.5) is 0 Å². The lowest BCUT2D eigenvalue weighted by Gasteiger charge is -2.03. The first kappa shape index (κ1) is 20.0. The molecule has 1 atom stereocenters. The largest absolute Gasteiger partial charge is 0.426 e. The normalized spacial score (nSPS) is 11.1. The van der Waals surface area contributed by atoms with E-state index in [1.54, 1.807) is 19.1 Å². The molecular formula is C22H25O3P. The summed E-state index contributed by atoms with van der Waals surface area (Å²) < 4.78 is 20.7. The SMILES string of the molecule is CCO[PH](=O)Oc1ccccc1.c1ccc(CCc2ccccc2)cc1. The van der Waals surface area contributed by atoms with Crippen molar-refractivity contribution in [2.45, 2.75) is 19.8 Å². The Morgan fingerprint density at radius 1 is 0.692 bits per heavy atom. The lowest BCUT2D eigenvalue weighted by molar-refractivity contribution is 0.302. The average Bonchev–Trinajstić information content (AvgIpc) is 2.69. The van der Waals surface area contributed by atoms with E-state index in [2.05, 4.69) is 60.7 Å². The van der Waals surface area contributed by atoms with Gasteiger partial charge in [0, 0.05) is 0 Å². The summed E-state index contributed by atoms with van der Waals surface area (Å²) in [5.41, 5.74) is 2.83. The number of benzene rings is 3. The summed E-state index contributed by atoms with van der Waals surface area (Å²) >= 11 is 0. The molecule has 0 radical (unpaired) electrons. The molecule has 0 aliphatic carbocycles. The molecule has 0 aliphatic heterocycles. The van der Waals surface area contributed by atoms with Gasteiger partial charge in [0.1, 0.15) is 5.75 Å². The minimum Gasteiger partial charge on any atom is -0.426 e. The summed E-state index contributed by atoms with van der Waals surface area (Å²) in [6, 6.07) is 30.2. The summed E-state index contributed by atoms with van der Waals surface area (Å²) in [4.78, 5) is 0. The van der Waals surface area contributed by atoms with Crippen molar-refractivity contribution >= 4 is 8.25 Å². The van der Waals surface area contributed by atoms with Crippen LogP contribution < -0.4 is 4.52 Å². The Bertz CT molecular complexity index is 707. The van der Waals surface area contributed by atoms with Gasteiger partial charge in [-0.1, -0.05) is 78.9 Å². The van der Waals surface area contributed by atoms with E-state index in [4.69, 9.17) is 9.05 Å². The molecule has 136 valence electrons. The van der Waals surface area contributed by atoms with Crippen LogP contribution in [0.2, 0.25) is 0 Å². The average molecular weight is 368 g/mol. The zero-order chi connectivity index (χ0) is 18.5. The molecule has 0 N–H and O–H groups in total. The van der Waals surface area contributed by atoms with Crippen LogP contribution in [-0.2, 0) is 21.9 Å². The van der Waals surface area contributed by atoms with E-state index >= 15 is 0 Å². The van der Waals surface area contributed by atoms with Gasteiger partial charge < -0.3 is 9.05 Å². The summed E-state index contributed by atoms with van der Waals surface area (Å²) in [6.07, 6.45) is 2.26. The van der Waals surface area contributed by atoms with Gasteiger partial charge in [-0.3, -0.25) is 0 Å². The van der Waals surface area contributed by atoms with Crippen molar-refractivity contribution in [3.63, 3.8) is 0 Å².